The predicted molar refractivity (Wildman–Crippen MR) is 67.1 cm³/mol. The average Bonchev–Trinajstić information content (AvgIpc) is 2.90. The molecule has 0 bridgehead atoms. The van der Waals surface area contributed by atoms with Crippen LogP contribution in [0.2, 0.25) is 0 Å². The number of carboxylic acids is 4. The number of H-pyrrole nitrogens is 1. The van der Waals surface area contributed by atoms with E-state index in [1.54, 1.807) is 6.20 Å². The van der Waals surface area contributed by atoms with Crippen LogP contribution >= 0.6 is 0 Å². The molecule has 1 radical (unpaired) electrons. The maximum Gasteiger partial charge on any atom is 0.320 e. The molecule has 0 aliphatic carbocycles. The molecule has 0 fully saturated rings. The first-order chi connectivity index (χ1) is 11.0. The van der Waals surface area contributed by atoms with E-state index in [1.807, 2.05) is 0 Å². The van der Waals surface area contributed by atoms with Gasteiger partial charge in [-0.25, -0.2) is 4.98 Å². The summed E-state index contributed by atoms with van der Waals surface area (Å²) in [5.74, 6) is -6.98. The summed E-state index contributed by atoms with van der Waals surface area (Å²) in [7, 11) is 0. The van der Waals surface area contributed by atoms with Gasteiger partial charge in [-0.2, -0.15) is 0 Å². The largest absolute Gasteiger partial charge is 0.550 e. The van der Waals surface area contributed by atoms with Gasteiger partial charge in [0.05, 0.1) is 12.3 Å². The fourth-order valence-electron chi connectivity index (χ4n) is 1.40. The Hall–Kier alpha value is -2.25. The number of nitrogens with one attached hydrogen (secondary N) is 1. The van der Waals surface area contributed by atoms with Crippen LogP contribution in [0.15, 0.2) is 12.5 Å². The average molecular weight is 452 g/mol. The number of imidazole rings is 1. The van der Waals surface area contributed by atoms with Crippen LogP contribution in [0.3, 0.4) is 0 Å². The van der Waals surface area contributed by atoms with Crippen LogP contribution in [-0.4, -0.2) is 55.7 Å². The summed E-state index contributed by atoms with van der Waals surface area (Å²) in [5, 5.41) is 47.3. The van der Waals surface area contributed by atoms with Gasteiger partial charge < -0.3 is 50.6 Å². The van der Waals surface area contributed by atoms with Gasteiger partial charge in [-0.3, -0.25) is 4.79 Å². The number of hydrogen-bond donors (Lipinski definition) is 4. The Balaban J connectivity index is 0. The summed E-state index contributed by atoms with van der Waals surface area (Å²) in [6, 6.07) is -0.851. The number of aliphatic carboxylic acids is 4. The summed E-state index contributed by atoms with van der Waals surface area (Å²) < 4.78 is 0. The Morgan fingerprint density at radius 3 is 1.96 bits per heavy atom. The molecule has 5 N–H and O–H groups in total. The molecule has 0 aromatic carbocycles. The smallest absolute Gasteiger partial charge is 0.320 e. The third-order valence-corrected chi connectivity index (χ3v) is 2.57. The Labute approximate surface area is 156 Å². The zero-order chi connectivity index (χ0) is 18.9. The third kappa shape index (κ3) is 10.3. The number of aliphatic hydroxyl groups is 1. The second-order valence-electron chi connectivity index (χ2n) is 4.64. The second-order valence-corrected chi connectivity index (χ2v) is 4.64. The van der Waals surface area contributed by atoms with Crippen LogP contribution < -0.4 is 21.1 Å². The number of carbonyl (C=O) groups excluding carboxylic acids is 3. The molecule has 13 heteroatoms. The number of nitrogens with two attached hydrogens (primary N) is 1. The molecule has 1 aromatic rings. The van der Waals surface area contributed by atoms with Crippen molar-refractivity contribution in [3.05, 3.63) is 18.2 Å². The number of hydrogen-bond acceptors (Lipinski definition) is 10. The van der Waals surface area contributed by atoms with Crippen LogP contribution in [0, 0.1) is 0 Å². The van der Waals surface area contributed by atoms with E-state index in [0.29, 0.717) is 0 Å². The van der Waals surface area contributed by atoms with E-state index in [-0.39, 0.29) is 28.8 Å². The van der Waals surface area contributed by atoms with Crippen LogP contribution in [0.25, 0.3) is 0 Å². The van der Waals surface area contributed by atoms with Crippen molar-refractivity contribution in [2.45, 2.75) is 30.9 Å². The molecule has 0 aliphatic rings. The van der Waals surface area contributed by atoms with Gasteiger partial charge in [0, 0.05) is 65.5 Å². The van der Waals surface area contributed by atoms with Crippen molar-refractivity contribution in [2.24, 2.45) is 5.73 Å². The Kier molecular flexibility index (Phi) is 11.3. The summed E-state index contributed by atoms with van der Waals surface area (Å²) in [4.78, 5) is 46.8. The van der Waals surface area contributed by atoms with E-state index in [0.717, 1.165) is 5.69 Å². The molecule has 0 aliphatic heterocycles. The predicted octanol–water partition coefficient (Wildman–Crippen LogP) is -5.89. The summed E-state index contributed by atoms with van der Waals surface area (Å²) in [6.45, 7) is 0. The molecule has 1 heterocycles. The quantitative estimate of drug-likeness (QED) is 0.271. The van der Waals surface area contributed by atoms with Crippen LogP contribution in [0.5, 0.6) is 0 Å². The van der Waals surface area contributed by atoms with Crippen LogP contribution in [-0.2, 0) is 48.0 Å². The fraction of sp³-hybridized carbons (Fsp3) is 0.417. The summed E-state index contributed by atoms with van der Waals surface area (Å²) >= 11 is 0. The number of carboxylic acid groups (broad SMARTS) is 4. The van der Waals surface area contributed by atoms with Crippen molar-refractivity contribution in [1.29, 1.82) is 0 Å². The molecule has 0 saturated carbocycles. The third-order valence-electron chi connectivity index (χ3n) is 2.57. The van der Waals surface area contributed by atoms with Crippen molar-refractivity contribution in [1.82, 2.24) is 9.97 Å². The number of rotatable bonds is 8. The van der Waals surface area contributed by atoms with Gasteiger partial charge in [0.1, 0.15) is 11.6 Å². The van der Waals surface area contributed by atoms with Gasteiger partial charge in [0.25, 0.3) is 0 Å². The van der Waals surface area contributed by atoms with E-state index in [1.165, 1.54) is 6.33 Å². The minimum Gasteiger partial charge on any atom is -0.550 e. The van der Waals surface area contributed by atoms with E-state index >= 15 is 0 Å². The molecule has 1 aromatic heterocycles. The van der Waals surface area contributed by atoms with Crippen molar-refractivity contribution in [3.63, 3.8) is 0 Å². The molecule has 1 rings (SSSR count). The first-order valence-electron chi connectivity index (χ1n) is 6.27. The van der Waals surface area contributed by atoms with Gasteiger partial charge in [-0.05, 0) is 0 Å². The maximum absolute atomic E-state index is 10.3. The van der Waals surface area contributed by atoms with Crippen LogP contribution in [0.1, 0.15) is 18.5 Å². The minimum atomic E-state index is -2.97. The van der Waals surface area contributed by atoms with Crippen molar-refractivity contribution >= 4 is 23.9 Å². The van der Waals surface area contributed by atoms with Gasteiger partial charge in [0.2, 0.25) is 0 Å². The summed E-state index contributed by atoms with van der Waals surface area (Å²) in [6.07, 6.45) is 0.620. The van der Waals surface area contributed by atoms with Gasteiger partial charge in [-0.1, -0.05) is 0 Å². The molecule has 0 saturated heterocycles. The Morgan fingerprint density at radius 2 is 1.68 bits per heavy atom. The molecule has 12 nitrogen and oxygen atoms in total. The molecule has 0 spiro atoms. The van der Waals surface area contributed by atoms with E-state index in [9.17, 15) is 34.5 Å². The molecule has 1 atom stereocenters. The number of aromatic amines is 1. The van der Waals surface area contributed by atoms with E-state index in [2.05, 4.69) is 9.97 Å². The molecular weight excluding hydrogens is 438 g/mol. The zero-order valence-electron chi connectivity index (χ0n) is 12.4. The Bertz CT molecular complexity index is 575. The van der Waals surface area contributed by atoms with Crippen molar-refractivity contribution in [2.75, 3.05) is 0 Å². The monoisotopic (exact) mass is 451 g/mol. The number of aromatic nitrogens is 2. The molecular formula is C12H14AgN3O9-3. The zero-order valence-corrected chi connectivity index (χ0v) is 13.9. The van der Waals surface area contributed by atoms with Crippen molar-refractivity contribution in [3.8, 4) is 0 Å². The summed E-state index contributed by atoms with van der Waals surface area (Å²) in [5.41, 5.74) is 3.02. The van der Waals surface area contributed by atoms with Gasteiger partial charge >= 0.3 is 5.97 Å². The Morgan fingerprint density at radius 1 is 1.20 bits per heavy atom. The topological polar surface area (TPSA) is 233 Å². The van der Waals surface area contributed by atoms with E-state index < -0.39 is 48.4 Å². The second kappa shape index (κ2) is 11.3. The standard InChI is InChI=1S/C6H9N3O2.C6H8O7.Ag/c7-5(6(10)11)1-4-2-8-3-9-4;7-3(8)1-6(13,5(11)12)2-4(9)10;/h2-3,5H,1,7H2,(H,8,9)(H,10,11);13H,1-2H2,(H,7,8)(H,9,10)(H,11,12);/p-3. The maximum atomic E-state index is 10.3. The number of nitrogens with zero attached hydrogens (tertiary/aromatic N) is 1. The SMILES string of the molecule is NC(Cc1cnc[nH]1)C(=O)O.O=C([O-])CC(O)(CC(=O)[O-])C(=O)[O-].[Ag]. The van der Waals surface area contributed by atoms with Crippen molar-refractivity contribution < 1.29 is 67.1 Å². The first-order valence-corrected chi connectivity index (χ1v) is 6.27. The van der Waals surface area contributed by atoms with E-state index in [4.69, 9.17) is 15.9 Å². The normalized spacial score (nSPS) is 11.3. The molecule has 145 valence electrons. The molecule has 1 unspecified atom stereocenters. The van der Waals surface area contributed by atoms with Gasteiger partial charge in [0.15, 0.2) is 0 Å². The van der Waals surface area contributed by atoms with Gasteiger partial charge in [-0.15, -0.1) is 0 Å². The molecule has 0 amide bonds. The number of carbonyl (C=O) groups is 4. The first kappa shape index (κ1) is 25.0. The molecule has 25 heavy (non-hydrogen) atoms. The minimum absolute atomic E-state index is 0. The fourth-order valence-corrected chi connectivity index (χ4v) is 1.40. The van der Waals surface area contributed by atoms with Crippen LogP contribution in [0.4, 0.5) is 0 Å².